The van der Waals surface area contributed by atoms with Gasteiger partial charge in [0.2, 0.25) is 0 Å². The molecule has 0 aliphatic carbocycles. The minimum absolute atomic E-state index is 0.164. The summed E-state index contributed by atoms with van der Waals surface area (Å²) in [6, 6.07) is 5.03. The summed E-state index contributed by atoms with van der Waals surface area (Å²) in [6.45, 7) is 2.50. The van der Waals surface area contributed by atoms with Gasteiger partial charge in [-0.1, -0.05) is 18.5 Å². The van der Waals surface area contributed by atoms with E-state index in [1.807, 2.05) is 6.92 Å². The van der Waals surface area contributed by atoms with Crippen molar-refractivity contribution in [2.24, 2.45) is 5.92 Å². The average Bonchev–Trinajstić information content (AvgIpc) is 2.39. The molecule has 0 radical (unpaired) electrons. The smallest absolute Gasteiger partial charge is 0.303 e. The maximum absolute atomic E-state index is 11.9. The van der Waals surface area contributed by atoms with Gasteiger partial charge in [-0.15, -0.1) is 0 Å². The molecule has 20 heavy (non-hydrogen) atoms. The summed E-state index contributed by atoms with van der Waals surface area (Å²) < 4.78 is 0.748. The molecule has 1 aromatic rings. The Bertz CT molecular complexity index is 493. The van der Waals surface area contributed by atoms with E-state index in [2.05, 4.69) is 21.2 Å². The lowest BCUT2D eigenvalue weighted by atomic mass is 10.0. The summed E-state index contributed by atoms with van der Waals surface area (Å²) in [5, 5.41) is 11.9. The molecule has 110 valence electrons. The van der Waals surface area contributed by atoms with Gasteiger partial charge in [-0.05, 0) is 52.9 Å². The maximum atomic E-state index is 11.9. The Balaban J connectivity index is 2.36. The Morgan fingerprint density at radius 1 is 1.40 bits per heavy atom. The van der Waals surface area contributed by atoms with Crippen LogP contribution >= 0.6 is 27.5 Å². The first kappa shape index (κ1) is 17.0. The van der Waals surface area contributed by atoms with Crippen LogP contribution in [0.1, 0.15) is 36.5 Å². The van der Waals surface area contributed by atoms with Gasteiger partial charge in [-0.25, -0.2) is 0 Å². The number of halogens is 2. The van der Waals surface area contributed by atoms with Gasteiger partial charge in [-0.3, -0.25) is 9.59 Å². The number of carbonyl (C=O) groups is 2. The number of amides is 1. The molecule has 1 atom stereocenters. The largest absolute Gasteiger partial charge is 0.481 e. The zero-order chi connectivity index (χ0) is 15.1. The molecule has 2 N–H and O–H groups in total. The molecule has 0 aromatic heterocycles. The minimum atomic E-state index is -0.787. The van der Waals surface area contributed by atoms with Gasteiger partial charge < -0.3 is 10.4 Å². The Hall–Kier alpha value is -1.07. The van der Waals surface area contributed by atoms with Crippen LogP contribution < -0.4 is 5.32 Å². The molecule has 0 heterocycles. The van der Waals surface area contributed by atoms with Crippen LogP contribution in [0.4, 0.5) is 0 Å². The number of hydrogen-bond acceptors (Lipinski definition) is 2. The predicted octanol–water partition coefficient (Wildman–Crippen LogP) is 3.72. The first-order chi connectivity index (χ1) is 9.40. The highest BCUT2D eigenvalue weighted by Gasteiger charge is 2.09. The van der Waals surface area contributed by atoms with E-state index < -0.39 is 5.97 Å². The number of hydrogen-bond donors (Lipinski definition) is 2. The first-order valence-electron chi connectivity index (χ1n) is 6.35. The third kappa shape index (κ3) is 5.92. The number of nitrogens with one attached hydrogen (secondary N) is 1. The SMILES string of the molecule is CC(CCNC(=O)c1ccc(Br)c(Cl)c1)CCC(=O)O. The van der Waals surface area contributed by atoms with Crippen LogP contribution in [-0.4, -0.2) is 23.5 Å². The van der Waals surface area contributed by atoms with Gasteiger partial charge in [0.05, 0.1) is 5.02 Å². The van der Waals surface area contributed by atoms with Gasteiger partial charge in [0, 0.05) is 23.0 Å². The Labute approximate surface area is 131 Å². The van der Waals surface area contributed by atoms with Crippen molar-refractivity contribution in [3.8, 4) is 0 Å². The fourth-order valence-corrected chi connectivity index (χ4v) is 2.11. The number of aliphatic carboxylic acids is 1. The van der Waals surface area contributed by atoms with E-state index in [-0.39, 0.29) is 18.2 Å². The van der Waals surface area contributed by atoms with Crippen molar-refractivity contribution in [1.82, 2.24) is 5.32 Å². The number of carbonyl (C=O) groups excluding carboxylic acids is 1. The van der Waals surface area contributed by atoms with Crippen molar-refractivity contribution in [2.75, 3.05) is 6.54 Å². The van der Waals surface area contributed by atoms with Crippen LogP contribution in [0.15, 0.2) is 22.7 Å². The molecule has 0 fully saturated rings. The molecular weight excluding hydrogens is 346 g/mol. The molecule has 6 heteroatoms. The van der Waals surface area contributed by atoms with Gasteiger partial charge in [0.15, 0.2) is 0 Å². The highest BCUT2D eigenvalue weighted by atomic mass is 79.9. The zero-order valence-corrected chi connectivity index (χ0v) is 13.5. The van der Waals surface area contributed by atoms with Crippen molar-refractivity contribution >= 4 is 39.4 Å². The normalized spacial score (nSPS) is 11.9. The average molecular weight is 363 g/mol. The molecule has 0 bridgehead atoms. The fourth-order valence-electron chi connectivity index (χ4n) is 1.69. The standard InChI is InChI=1S/C14H17BrClNO3/c1-9(2-5-13(18)19)6-7-17-14(20)10-3-4-11(15)12(16)8-10/h3-4,8-9H,2,5-7H2,1H3,(H,17,20)(H,18,19). The van der Waals surface area contributed by atoms with Gasteiger partial charge >= 0.3 is 5.97 Å². The fraction of sp³-hybridized carbons (Fsp3) is 0.429. The highest BCUT2D eigenvalue weighted by molar-refractivity contribution is 9.10. The summed E-state index contributed by atoms with van der Waals surface area (Å²) in [5.41, 5.74) is 0.511. The third-order valence-corrected chi connectivity index (χ3v) is 4.19. The maximum Gasteiger partial charge on any atom is 0.303 e. The topological polar surface area (TPSA) is 66.4 Å². The third-order valence-electron chi connectivity index (χ3n) is 2.96. The van der Waals surface area contributed by atoms with Gasteiger partial charge in [0.25, 0.3) is 5.91 Å². The molecule has 0 spiro atoms. The van der Waals surface area contributed by atoms with Crippen LogP contribution in [0, 0.1) is 5.92 Å². The van der Waals surface area contributed by atoms with Crippen molar-refractivity contribution < 1.29 is 14.7 Å². The van der Waals surface area contributed by atoms with Crippen molar-refractivity contribution in [3.05, 3.63) is 33.3 Å². The number of benzene rings is 1. The van der Waals surface area contributed by atoms with E-state index in [1.54, 1.807) is 18.2 Å². The molecule has 0 saturated carbocycles. The highest BCUT2D eigenvalue weighted by Crippen LogP contribution is 2.23. The predicted molar refractivity (Wildman–Crippen MR) is 82.1 cm³/mol. The summed E-state index contributed by atoms with van der Waals surface area (Å²) in [6.07, 6.45) is 1.54. The molecule has 0 aliphatic rings. The van der Waals surface area contributed by atoms with Crippen LogP contribution in [0.2, 0.25) is 5.02 Å². The molecule has 0 aliphatic heterocycles. The molecule has 0 saturated heterocycles. The second kappa shape index (κ2) is 8.27. The quantitative estimate of drug-likeness (QED) is 0.777. The van der Waals surface area contributed by atoms with Crippen LogP contribution in [-0.2, 0) is 4.79 Å². The second-order valence-electron chi connectivity index (χ2n) is 4.71. The van der Waals surface area contributed by atoms with E-state index in [1.165, 1.54) is 0 Å². The zero-order valence-electron chi connectivity index (χ0n) is 11.2. The lowest BCUT2D eigenvalue weighted by Gasteiger charge is -2.11. The van der Waals surface area contributed by atoms with Crippen molar-refractivity contribution in [2.45, 2.75) is 26.2 Å². The first-order valence-corrected chi connectivity index (χ1v) is 7.52. The van der Waals surface area contributed by atoms with Crippen LogP contribution in [0.5, 0.6) is 0 Å². The second-order valence-corrected chi connectivity index (χ2v) is 5.97. The van der Waals surface area contributed by atoms with E-state index in [0.717, 1.165) is 10.9 Å². The Kier molecular flexibility index (Phi) is 7.02. The monoisotopic (exact) mass is 361 g/mol. The van der Waals surface area contributed by atoms with Gasteiger partial charge in [0.1, 0.15) is 0 Å². The summed E-state index contributed by atoms with van der Waals surface area (Å²) in [4.78, 5) is 22.3. The summed E-state index contributed by atoms with van der Waals surface area (Å²) in [7, 11) is 0. The lowest BCUT2D eigenvalue weighted by molar-refractivity contribution is -0.137. The van der Waals surface area contributed by atoms with E-state index >= 15 is 0 Å². The van der Waals surface area contributed by atoms with E-state index in [9.17, 15) is 9.59 Å². The summed E-state index contributed by atoms with van der Waals surface area (Å²) in [5.74, 6) is -0.699. The Morgan fingerprint density at radius 2 is 2.10 bits per heavy atom. The molecule has 4 nitrogen and oxygen atoms in total. The lowest BCUT2D eigenvalue weighted by Crippen LogP contribution is -2.25. The van der Waals surface area contributed by atoms with Crippen molar-refractivity contribution in [3.63, 3.8) is 0 Å². The Morgan fingerprint density at radius 3 is 2.70 bits per heavy atom. The number of carboxylic acid groups (broad SMARTS) is 1. The van der Waals surface area contributed by atoms with Gasteiger partial charge in [-0.2, -0.15) is 0 Å². The number of rotatable bonds is 7. The molecule has 1 amide bonds. The van der Waals surface area contributed by atoms with Crippen molar-refractivity contribution in [1.29, 1.82) is 0 Å². The van der Waals surface area contributed by atoms with E-state index in [0.29, 0.717) is 23.6 Å². The molecule has 1 unspecified atom stereocenters. The molecular formula is C14H17BrClNO3. The minimum Gasteiger partial charge on any atom is -0.481 e. The van der Waals surface area contributed by atoms with Crippen LogP contribution in [0.3, 0.4) is 0 Å². The van der Waals surface area contributed by atoms with Crippen LogP contribution in [0.25, 0.3) is 0 Å². The molecule has 1 rings (SSSR count). The number of carboxylic acids is 1. The van der Waals surface area contributed by atoms with E-state index in [4.69, 9.17) is 16.7 Å². The molecule has 1 aromatic carbocycles. The summed E-state index contributed by atoms with van der Waals surface area (Å²) >= 11 is 9.20.